The van der Waals surface area contributed by atoms with E-state index in [9.17, 15) is 8.42 Å². The summed E-state index contributed by atoms with van der Waals surface area (Å²) in [4.78, 5) is 4.41. The largest absolute Gasteiger partial charge is 0.314 e. The van der Waals surface area contributed by atoms with Crippen molar-refractivity contribution < 1.29 is 8.42 Å². The number of hydrogen-bond acceptors (Lipinski definition) is 4. The van der Waals surface area contributed by atoms with E-state index in [2.05, 4.69) is 10.3 Å². The molecule has 2 heterocycles. The average Bonchev–Trinajstić information content (AvgIpc) is 2.47. The molecule has 1 aliphatic heterocycles. The van der Waals surface area contributed by atoms with Crippen LogP contribution in [0, 0.1) is 0 Å². The number of piperazine rings is 1. The van der Waals surface area contributed by atoms with Gasteiger partial charge in [-0.2, -0.15) is 4.31 Å². The Labute approximate surface area is 143 Å². The molecule has 1 aromatic heterocycles. The fraction of sp³-hybridized carbons (Fsp3) is 0.357. The molecule has 122 valence electrons. The van der Waals surface area contributed by atoms with Crippen LogP contribution in [0.4, 0.5) is 0 Å². The minimum atomic E-state index is -3.47. The molecule has 2 aromatic rings. The molecule has 0 unspecified atom stereocenters. The van der Waals surface area contributed by atoms with Gasteiger partial charge in [0.15, 0.2) is 0 Å². The highest BCUT2D eigenvalue weighted by atomic mass is 35.5. The number of aromatic nitrogens is 1. The number of rotatable bonds is 2. The maximum atomic E-state index is 12.9. The van der Waals surface area contributed by atoms with Crippen molar-refractivity contribution in [2.24, 2.45) is 0 Å². The zero-order chi connectivity index (χ0) is 14.2. The minimum Gasteiger partial charge on any atom is -0.314 e. The van der Waals surface area contributed by atoms with E-state index in [0.717, 1.165) is 10.8 Å². The molecule has 8 heteroatoms. The summed E-state index contributed by atoms with van der Waals surface area (Å²) in [6.45, 7) is 3.81. The fourth-order valence-corrected chi connectivity index (χ4v) is 4.47. The van der Waals surface area contributed by atoms with Crippen molar-refractivity contribution in [2.45, 2.75) is 17.9 Å². The highest BCUT2D eigenvalue weighted by Gasteiger charge is 2.31. The van der Waals surface area contributed by atoms with Crippen LogP contribution in [0.1, 0.15) is 6.92 Å². The summed E-state index contributed by atoms with van der Waals surface area (Å²) in [6, 6.07) is 7.04. The fourth-order valence-electron chi connectivity index (χ4n) is 2.62. The molecule has 1 fully saturated rings. The predicted octanol–water partition coefficient (Wildman–Crippen LogP) is 2.06. The molecule has 1 aromatic carbocycles. The van der Waals surface area contributed by atoms with Gasteiger partial charge in [-0.1, -0.05) is 12.1 Å². The van der Waals surface area contributed by atoms with Crippen molar-refractivity contribution in [3.05, 3.63) is 36.7 Å². The zero-order valence-electron chi connectivity index (χ0n) is 12.1. The predicted molar refractivity (Wildman–Crippen MR) is 92.5 cm³/mol. The van der Waals surface area contributed by atoms with E-state index in [1.165, 1.54) is 0 Å². The van der Waals surface area contributed by atoms with Gasteiger partial charge in [0.25, 0.3) is 0 Å². The molecule has 1 N–H and O–H groups in total. The number of sulfonamides is 1. The molecule has 0 bridgehead atoms. The Balaban J connectivity index is 0.00000121. The molecular formula is C14H19Cl2N3O2S. The van der Waals surface area contributed by atoms with E-state index in [-0.39, 0.29) is 30.9 Å². The van der Waals surface area contributed by atoms with Crippen molar-refractivity contribution in [1.29, 1.82) is 0 Å². The summed E-state index contributed by atoms with van der Waals surface area (Å²) in [5, 5.41) is 4.78. The highest BCUT2D eigenvalue weighted by Crippen LogP contribution is 2.26. The quantitative estimate of drug-likeness (QED) is 0.886. The molecule has 1 saturated heterocycles. The number of fused-ring (bicyclic) bond motifs is 1. The topological polar surface area (TPSA) is 62.3 Å². The average molecular weight is 364 g/mol. The molecule has 0 spiro atoms. The van der Waals surface area contributed by atoms with Gasteiger partial charge in [-0.15, -0.1) is 24.8 Å². The summed E-state index contributed by atoms with van der Waals surface area (Å²) in [7, 11) is -3.47. The van der Waals surface area contributed by atoms with Crippen molar-refractivity contribution >= 4 is 45.6 Å². The molecule has 3 rings (SSSR count). The number of nitrogens with one attached hydrogen (secondary N) is 1. The summed E-state index contributed by atoms with van der Waals surface area (Å²) < 4.78 is 27.4. The van der Waals surface area contributed by atoms with Crippen molar-refractivity contribution in [2.75, 3.05) is 19.6 Å². The summed E-state index contributed by atoms with van der Waals surface area (Å²) in [5.41, 5.74) is 0. The number of halogens is 2. The van der Waals surface area contributed by atoms with Gasteiger partial charge >= 0.3 is 0 Å². The SMILES string of the molecule is C[C@H]1CNCCN1S(=O)(=O)c1cccc2cnccc12.Cl.Cl. The number of hydrogen-bond donors (Lipinski definition) is 1. The first-order chi connectivity index (χ1) is 9.60. The van der Waals surface area contributed by atoms with Crippen LogP contribution in [0.25, 0.3) is 10.8 Å². The van der Waals surface area contributed by atoms with Gasteiger partial charge in [0.05, 0.1) is 4.90 Å². The van der Waals surface area contributed by atoms with Crippen molar-refractivity contribution in [3.63, 3.8) is 0 Å². The van der Waals surface area contributed by atoms with E-state index in [1.54, 1.807) is 34.9 Å². The summed E-state index contributed by atoms with van der Waals surface area (Å²) in [6.07, 6.45) is 3.32. The lowest BCUT2D eigenvalue weighted by atomic mass is 10.2. The maximum absolute atomic E-state index is 12.9. The molecule has 1 aliphatic rings. The third-order valence-electron chi connectivity index (χ3n) is 3.67. The van der Waals surface area contributed by atoms with Crippen LogP contribution in [-0.4, -0.2) is 43.4 Å². The molecule has 0 aliphatic carbocycles. The van der Waals surface area contributed by atoms with E-state index >= 15 is 0 Å². The molecule has 5 nitrogen and oxygen atoms in total. The smallest absolute Gasteiger partial charge is 0.244 e. The normalized spacial score (nSPS) is 19.2. The third kappa shape index (κ3) is 3.36. The Morgan fingerprint density at radius 1 is 1.27 bits per heavy atom. The van der Waals surface area contributed by atoms with Crippen LogP contribution in [0.3, 0.4) is 0 Å². The Kier molecular flexibility index (Phi) is 6.58. The zero-order valence-corrected chi connectivity index (χ0v) is 14.5. The second kappa shape index (κ2) is 7.57. The van der Waals surface area contributed by atoms with E-state index in [1.807, 2.05) is 13.0 Å². The maximum Gasteiger partial charge on any atom is 0.244 e. The molecule has 0 amide bonds. The van der Waals surface area contributed by atoms with Gasteiger partial charge in [0, 0.05) is 48.8 Å². The summed E-state index contributed by atoms with van der Waals surface area (Å²) >= 11 is 0. The number of pyridine rings is 1. The lowest BCUT2D eigenvalue weighted by molar-refractivity contribution is 0.284. The number of nitrogens with zero attached hydrogens (tertiary/aromatic N) is 2. The molecule has 0 radical (unpaired) electrons. The lowest BCUT2D eigenvalue weighted by Crippen LogP contribution is -2.52. The van der Waals surface area contributed by atoms with Gasteiger partial charge < -0.3 is 5.32 Å². The van der Waals surface area contributed by atoms with Gasteiger partial charge in [-0.3, -0.25) is 4.98 Å². The third-order valence-corrected chi connectivity index (χ3v) is 5.74. The second-order valence-corrected chi connectivity index (χ2v) is 6.88. The Morgan fingerprint density at radius 3 is 2.77 bits per heavy atom. The van der Waals surface area contributed by atoms with Crippen LogP contribution >= 0.6 is 24.8 Å². The van der Waals surface area contributed by atoms with Gasteiger partial charge in [-0.25, -0.2) is 8.42 Å². The Hall–Kier alpha value is -0.920. The van der Waals surface area contributed by atoms with E-state index < -0.39 is 10.0 Å². The van der Waals surface area contributed by atoms with Crippen molar-refractivity contribution in [1.82, 2.24) is 14.6 Å². The van der Waals surface area contributed by atoms with E-state index in [0.29, 0.717) is 24.5 Å². The monoisotopic (exact) mass is 363 g/mol. The highest BCUT2D eigenvalue weighted by molar-refractivity contribution is 7.89. The number of benzene rings is 1. The van der Waals surface area contributed by atoms with Gasteiger partial charge in [-0.05, 0) is 19.1 Å². The Morgan fingerprint density at radius 2 is 2.05 bits per heavy atom. The first-order valence-corrected chi connectivity index (χ1v) is 8.10. The first kappa shape index (κ1) is 19.1. The lowest BCUT2D eigenvalue weighted by Gasteiger charge is -2.33. The van der Waals surface area contributed by atoms with E-state index in [4.69, 9.17) is 0 Å². The van der Waals surface area contributed by atoms with Crippen LogP contribution in [0.15, 0.2) is 41.6 Å². The summed E-state index contributed by atoms with van der Waals surface area (Å²) in [5.74, 6) is 0. The van der Waals surface area contributed by atoms with Crippen LogP contribution in [-0.2, 0) is 10.0 Å². The van der Waals surface area contributed by atoms with Crippen LogP contribution < -0.4 is 5.32 Å². The molecular weight excluding hydrogens is 345 g/mol. The molecule has 0 saturated carbocycles. The first-order valence-electron chi connectivity index (χ1n) is 6.66. The second-order valence-electron chi connectivity index (χ2n) is 5.02. The Bertz CT molecular complexity index is 734. The van der Waals surface area contributed by atoms with Crippen molar-refractivity contribution in [3.8, 4) is 0 Å². The minimum absolute atomic E-state index is 0. The van der Waals surface area contributed by atoms with Crippen LogP contribution in [0.5, 0.6) is 0 Å². The standard InChI is InChI=1S/C14H17N3O2S.2ClH/c1-11-9-16-7-8-17(11)20(18,19)14-4-2-3-12-10-15-6-5-13(12)14;;/h2-6,10-11,16H,7-9H2,1H3;2*1H/t11-;;/m0../s1. The molecule has 1 atom stereocenters. The van der Waals surface area contributed by atoms with Gasteiger partial charge in [0.1, 0.15) is 0 Å². The molecule has 22 heavy (non-hydrogen) atoms. The van der Waals surface area contributed by atoms with Gasteiger partial charge in [0.2, 0.25) is 10.0 Å². The van der Waals surface area contributed by atoms with Crippen LogP contribution in [0.2, 0.25) is 0 Å².